The summed E-state index contributed by atoms with van der Waals surface area (Å²) in [6, 6.07) is 0. The van der Waals surface area contributed by atoms with E-state index < -0.39 is 0 Å². The van der Waals surface area contributed by atoms with Crippen molar-refractivity contribution in [2.75, 3.05) is 0 Å². The molecule has 54 valence electrons. The molecule has 1 heterocycles. The van der Waals surface area contributed by atoms with Gasteiger partial charge in [0.2, 0.25) is 0 Å². The Kier molecular flexibility index (Phi) is 2.01. The van der Waals surface area contributed by atoms with E-state index in [1.54, 1.807) is 6.20 Å². The second-order valence-electron chi connectivity index (χ2n) is 1.95. The van der Waals surface area contributed by atoms with Crippen LogP contribution in [0.15, 0.2) is 11.0 Å². The molecule has 0 atom stereocenters. The Labute approximate surface area is 63.1 Å². The predicted octanol–water partition coefficient (Wildman–Crippen LogP) is 0.995. The normalized spacial score (nSPS) is 9.70. The summed E-state index contributed by atoms with van der Waals surface area (Å²) < 4.78 is 0.534. The maximum Gasteiger partial charge on any atom is 0.323 e. The van der Waals surface area contributed by atoms with Crippen molar-refractivity contribution in [2.45, 2.75) is 13.3 Å². The fraction of sp³-hybridized carbons (Fsp3) is 0.333. The third-order valence-electron chi connectivity index (χ3n) is 1.28. The lowest BCUT2D eigenvalue weighted by Gasteiger charge is -1.92. The summed E-state index contributed by atoms with van der Waals surface area (Å²) in [5, 5.41) is 0. The zero-order chi connectivity index (χ0) is 7.56. The van der Waals surface area contributed by atoms with Crippen LogP contribution in [0.25, 0.3) is 0 Å². The standard InChI is InChI=1S/C6H8N2OS/c1-2-4-3-7-6(9)8-5(4)10/h3H,2H2,1H3,(H2,7,8,9,10). The summed E-state index contributed by atoms with van der Waals surface area (Å²) in [7, 11) is 0. The third kappa shape index (κ3) is 1.33. The molecule has 1 aromatic rings. The lowest BCUT2D eigenvalue weighted by atomic mass is 10.3. The number of aryl methyl sites for hydroxylation is 1. The van der Waals surface area contributed by atoms with Crippen LogP contribution in [0.5, 0.6) is 0 Å². The molecule has 0 aliphatic carbocycles. The van der Waals surface area contributed by atoms with Crippen molar-refractivity contribution in [1.29, 1.82) is 0 Å². The molecule has 1 rings (SSSR count). The molecule has 0 aliphatic heterocycles. The van der Waals surface area contributed by atoms with E-state index in [1.807, 2.05) is 6.92 Å². The van der Waals surface area contributed by atoms with E-state index in [9.17, 15) is 4.79 Å². The molecule has 0 aliphatic rings. The van der Waals surface area contributed by atoms with Gasteiger partial charge in [-0.25, -0.2) is 4.79 Å². The molecule has 0 radical (unpaired) electrons. The molecule has 0 spiro atoms. The first-order chi connectivity index (χ1) is 4.74. The average molecular weight is 156 g/mol. The number of nitrogens with one attached hydrogen (secondary N) is 2. The maximum absolute atomic E-state index is 10.6. The third-order valence-corrected chi connectivity index (χ3v) is 1.64. The van der Waals surface area contributed by atoms with Crippen LogP contribution in [0.1, 0.15) is 12.5 Å². The zero-order valence-electron chi connectivity index (χ0n) is 5.60. The van der Waals surface area contributed by atoms with Gasteiger partial charge in [0.25, 0.3) is 0 Å². The van der Waals surface area contributed by atoms with Gasteiger partial charge in [-0.15, -0.1) is 0 Å². The minimum absolute atomic E-state index is 0.248. The first kappa shape index (κ1) is 7.21. The largest absolute Gasteiger partial charge is 0.323 e. The summed E-state index contributed by atoms with van der Waals surface area (Å²) in [4.78, 5) is 15.6. The SMILES string of the molecule is CCc1c[nH]c(=O)[nH]c1=S. The number of rotatable bonds is 1. The number of aromatic amines is 2. The summed E-state index contributed by atoms with van der Waals surface area (Å²) in [6.45, 7) is 1.98. The summed E-state index contributed by atoms with van der Waals surface area (Å²) in [5.41, 5.74) is 0.719. The van der Waals surface area contributed by atoms with Gasteiger partial charge in [-0.3, -0.25) is 4.98 Å². The Hall–Kier alpha value is -0.900. The van der Waals surface area contributed by atoms with Crippen LogP contribution in [0.2, 0.25) is 0 Å². The first-order valence-electron chi connectivity index (χ1n) is 3.05. The Morgan fingerprint density at radius 3 is 2.90 bits per heavy atom. The first-order valence-corrected chi connectivity index (χ1v) is 3.45. The van der Waals surface area contributed by atoms with E-state index >= 15 is 0 Å². The van der Waals surface area contributed by atoms with Gasteiger partial charge < -0.3 is 4.98 Å². The van der Waals surface area contributed by atoms with Crippen molar-refractivity contribution < 1.29 is 0 Å². The monoisotopic (exact) mass is 156 g/mol. The van der Waals surface area contributed by atoms with Crippen molar-refractivity contribution in [3.63, 3.8) is 0 Å². The van der Waals surface area contributed by atoms with Crippen molar-refractivity contribution in [3.8, 4) is 0 Å². The molecule has 0 fully saturated rings. The van der Waals surface area contributed by atoms with Crippen LogP contribution in [0, 0.1) is 4.64 Å². The second-order valence-corrected chi connectivity index (χ2v) is 2.36. The van der Waals surface area contributed by atoms with Gasteiger partial charge in [0.05, 0.1) is 0 Å². The topological polar surface area (TPSA) is 48.6 Å². The van der Waals surface area contributed by atoms with Crippen LogP contribution in [0.3, 0.4) is 0 Å². The second kappa shape index (κ2) is 2.79. The molecule has 0 amide bonds. The maximum atomic E-state index is 10.6. The van der Waals surface area contributed by atoms with E-state index in [4.69, 9.17) is 12.2 Å². The highest BCUT2D eigenvalue weighted by molar-refractivity contribution is 7.71. The Morgan fingerprint density at radius 2 is 2.40 bits per heavy atom. The van der Waals surface area contributed by atoms with E-state index in [-0.39, 0.29) is 5.69 Å². The van der Waals surface area contributed by atoms with Gasteiger partial charge >= 0.3 is 5.69 Å². The zero-order valence-corrected chi connectivity index (χ0v) is 6.42. The smallest absolute Gasteiger partial charge is 0.314 e. The lowest BCUT2D eigenvalue weighted by molar-refractivity contribution is 0.985. The predicted molar refractivity (Wildman–Crippen MR) is 41.6 cm³/mol. The summed E-state index contributed by atoms with van der Waals surface area (Å²) in [5.74, 6) is 0. The highest BCUT2D eigenvalue weighted by atomic mass is 32.1. The minimum atomic E-state index is -0.248. The molecule has 2 N–H and O–H groups in total. The van der Waals surface area contributed by atoms with Crippen molar-refractivity contribution >= 4 is 12.2 Å². The summed E-state index contributed by atoms with van der Waals surface area (Å²) >= 11 is 4.86. The highest BCUT2D eigenvalue weighted by Gasteiger charge is 1.90. The van der Waals surface area contributed by atoms with E-state index in [1.165, 1.54) is 0 Å². The Bertz CT molecular complexity index is 325. The van der Waals surface area contributed by atoms with Crippen molar-refractivity contribution in [1.82, 2.24) is 9.97 Å². The molecule has 3 nitrogen and oxygen atoms in total. The van der Waals surface area contributed by atoms with Crippen molar-refractivity contribution in [3.05, 3.63) is 26.9 Å². The lowest BCUT2D eigenvalue weighted by Crippen LogP contribution is -2.10. The average Bonchev–Trinajstić information content (AvgIpc) is 1.88. The Morgan fingerprint density at radius 1 is 1.70 bits per heavy atom. The van der Waals surface area contributed by atoms with E-state index in [0.717, 1.165) is 12.0 Å². The molecular weight excluding hydrogens is 148 g/mol. The van der Waals surface area contributed by atoms with Crippen LogP contribution >= 0.6 is 12.2 Å². The molecule has 0 unspecified atom stereocenters. The molecule has 4 heteroatoms. The molecule has 0 aromatic carbocycles. The molecule has 0 saturated heterocycles. The fourth-order valence-electron chi connectivity index (χ4n) is 0.700. The number of hydrogen-bond acceptors (Lipinski definition) is 2. The van der Waals surface area contributed by atoms with Crippen LogP contribution in [-0.2, 0) is 6.42 Å². The van der Waals surface area contributed by atoms with Gasteiger partial charge in [0, 0.05) is 11.8 Å². The fourth-order valence-corrected chi connectivity index (χ4v) is 0.996. The Balaban J connectivity index is 3.34. The number of H-pyrrole nitrogens is 2. The quantitative estimate of drug-likeness (QED) is 0.596. The van der Waals surface area contributed by atoms with Gasteiger partial charge in [-0.1, -0.05) is 19.1 Å². The van der Waals surface area contributed by atoms with Crippen molar-refractivity contribution in [2.24, 2.45) is 0 Å². The van der Waals surface area contributed by atoms with E-state index in [2.05, 4.69) is 9.97 Å². The van der Waals surface area contributed by atoms with Gasteiger partial charge in [0.1, 0.15) is 4.64 Å². The van der Waals surface area contributed by atoms with Crippen LogP contribution in [0.4, 0.5) is 0 Å². The van der Waals surface area contributed by atoms with Gasteiger partial charge in [-0.05, 0) is 6.42 Å². The summed E-state index contributed by atoms with van der Waals surface area (Å²) in [6.07, 6.45) is 2.48. The molecule has 10 heavy (non-hydrogen) atoms. The highest BCUT2D eigenvalue weighted by Crippen LogP contribution is 1.94. The van der Waals surface area contributed by atoms with Crippen LogP contribution in [-0.4, -0.2) is 9.97 Å². The molecular formula is C6H8N2OS. The van der Waals surface area contributed by atoms with Crippen LogP contribution < -0.4 is 5.69 Å². The van der Waals surface area contributed by atoms with Gasteiger partial charge in [-0.2, -0.15) is 0 Å². The number of aromatic nitrogens is 2. The minimum Gasteiger partial charge on any atom is -0.314 e. The molecule has 0 saturated carbocycles. The van der Waals surface area contributed by atoms with Gasteiger partial charge in [0.15, 0.2) is 0 Å². The number of hydrogen-bond donors (Lipinski definition) is 2. The molecule has 0 bridgehead atoms. The molecule has 1 aromatic heterocycles. The van der Waals surface area contributed by atoms with E-state index in [0.29, 0.717) is 4.64 Å².